The van der Waals surface area contributed by atoms with E-state index in [2.05, 4.69) is 15.1 Å². The van der Waals surface area contributed by atoms with Crippen LogP contribution in [0, 0.1) is 5.92 Å². The lowest BCUT2D eigenvalue weighted by Crippen LogP contribution is -2.00. The van der Waals surface area contributed by atoms with Crippen LogP contribution in [0.1, 0.15) is 18.7 Å². The fraction of sp³-hybridized carbons (Fsp3) is 0.500. The highest BCUT2D eigenvalue weighted by Crippen LogP contribution is 2.32. The quantitative estimate of drug-likeness (QED) is 0.730. The molecule has 2 heterocycles. The van der Waals surface area contributed by atoms with Crippen LogP contribution in [0.25, 0.3) is 11.0 Å². The maximum absolute atomic E-state index is 6.07. The van der Waals surface area contributed by atoms with Gasteiger partial charge in [-0.25, -0.2) is 9.97 Å². The summed E-state index contributed by atoms with van der Waals surface area (Å²) in [5.74, 6) is 1.62. The molecule has 0 radical (unpaired) electrons. The standard InChI is InChI=1S/C10H11ClN4/c1-15-10-7(5-12-15)9(11)13-8(14-10)4-6-2-3-6/h5-6H,2-4H2,1H3. The van der Waals surface area contributed by atoms with Gasteiger partial charge in [0.25, 0.3) is 0 Å². The summed E-state index contributed by atoms with van der Waals surface area (Å²) in [6, 6.07) is 0. The molecule has 4 nitrogen and oxygen atoms in total. The molecule has 2 aromatic heterocycles. The summed E-state index contributed by atoms with van der Waals surface area (Å²) in [7, 11) is 1.87. The molecule has 1 saturated carbocycles. The van der Waals surface area contributed by atoms with Crippen LogP contribution < -0.4 is 0 Å². The summed E-state index contributed by atoms with van der Waals surface area (Å²) >= 11 is 6.07. The molecule has 78 valence electrons. The Kier molecular flexibility index (Phi) is 1.92. The highest BCUT2D eigenvalue weighted by atomic mass is 35.5. The van der Waals surface area contributed by atoms with Crippen LogP contribution in [0.3, 0.4) is 0 Å². The van der Waals surface area contributed by atoms with Gasteiger partial charge in [-0.15, -0.1) is 0 Å². The summed E-state index contributed by atoms with van der Waals surface area (Å²) < 4.78 is 1.74. The lowest BCUT2D eigenvalue weighted by Gasteiger charge is -2.00. The van der Waals surface area contributed by atoms with Gasteiger partial charge in [-0.1, -0.05) is 11.6 Å². The van der Waals surface area contributed by atoms with E-state index in [1.54, 1.807) is 10.9 Å². The molecule has 0 unspecified atom stereocenters. The molecule has 0 aromatic carbocycles. The Morgan fingerprint density at radius 3 is 3.00 bits per heavy atom. The fourth-order valence-corrected chi connectivity index (χ4v) is 1.93. The van der Waals surface area contributed by atoms with E-state index >= 15 is 0 Å². The first-order valence-electron chi connectivity index (χ1n) is 5.08. The summed E-state index contributed by atoms with van der Waals surface area (Å²) in [4.78, 5) is 8.78. The van der Waals surface area contributed by atoms with Gasteiger partial charge in [0.05, 0.1) is 11.6 Å². The molecule has 5 heteroatoms. The second-order valence-electron chi connectivity index (χ2n) is 4.08. The topological polar surface area (TPSA) is 43.6 Å². The normalized spacial score (nSPS) is 16.1. The van der Waals surface area contributed by atoms with Gasteiger partial charge in [-0.2, -0.15) is 5.10 Å². The number of hydrogen-bond donors (Lipinski definition) is 0. The minimum atomic E-state index is 0.517. The molecule has 0 saturated heterocycles. The van der Waals surface area contributed by atoms with E-state index in [1.807, 2.05) is 7.05 Å². The SMILES string of the molecule is Cn1ncc2c(Cl)nc(CC3CC3)nc21. The molecule has 1 aliphatic carbocycles. The second-order valence-corrected chi connectivity index (χ2v) is 4.44. The van der Waals surface area contributed by atoms with Crippen LogP contribution in [0.2, 0.25) is 5.15 Å². The van der Waals surface area contributed by atoms with Gasteiger partial charge in [-0.3, -0.25) is 4.68 Å². The van der Waals surface area contributed by atoms with Crippen molar-refractivity contribution in [3.8, 4) is 0 Å². The number of halogens is 1. The number of fused-ring (bicyclic) bond motifs is 1. The zero-order valence-corrected chi connectivity index (χ0v) is 9.20. The molecule has 0 amide bonds. The van der Waals surface area contributed by atoms with E-state index in [4.69, 9.17) is 11.6 Å². The Bertz CT molecular complexity index is 515. The minimum Gasteiger partial charge on any atom is -0.250 e. The Morgan fingerprint density at radius 2 is 2.27 bits per heavy atom. The number of nitrogens with zero attached hydrogens (tertiary/aromatic N) is 4. The van der Waals surface area contributed by atoms with Crippen molar-refractivity contribution in [1.82, 2.24) is 19.7 Å². The van der Waals surface area contributed by atoms with Crippen molar-refractivity contribution in [3.05, 3.63) is 17.2 Å². The van der Waals surface area contributed by atoms with E-state index in [9.17, 15) is 0 Å². The molecule has 0 bridgehead atoms. The molecule has 1 fully saturated rings. The highest BCUT2D eigenvalue weighted by Gasteiger charge is 2.23. The third-order valence-corrected chi connectivity index (χ3v) is 3.05. The molecule has 0 spiro atoms. The van der Waals surface area contributed by atoms with Gasteiger partial charge in [0, 0.05) is 13.5 Å². The van der Waals surface area contributed by atoms with Crippen LogP contribution >= 0.6 is 11.6 Å². The zero-order valence-electron chi connectivity index (χ0n) is 8.44. The van der Waals surface area contributed by atoms with Crippen molar-refractivity contribution in [2.24, 2.45) is 13.0 Å². The van der Waals surface area contributed by atoms with Gasteiger partial charge < -0.3 is 0 Å². The van der Waals surface area contributed by atoms with E-state index in [-0.39, 0.29) is 0 Å². The largest absolute Gasteiger partial charge is 0.250 e. The first-order valence-corrected chi connectivity index (χ1v) is 5.46. The molecular formula is C10H11ClN4. The highest BCUT2D eigenvalue weighted by molar-refractivity contribution is 6.33. The summed E-state index contributed by atoms with van der Waals surface area (Å²) in [6.45, 7) is 0. The van der Waals surface area contributed by atoms with Crippen molar-refractivity contribution in [2.75, 3.05) is 0 Å². The van der Waals surface area contributed by atoms with E-state index in [1.165, 1.54) is 12.8 Å². The lowest BCUT2D eigenvalue weighted by atomic mass is 10.3. The first-order chi connectivity index (χ1) is 7.24. The van der Waals surface area contributed by atoms with Crippen LogP contribution in [0.4, 0.5) is 0 Å². The van der Waals surface area contributed by atoms with Crippen LogP contribution in [0.15, 0.2) is 6.20 Å². The Morgan fingerprint density at radius 1 is 1.47 bits per heavy atom. The third kappa shape index (κ3) is 1.59. The zero-order chi connectivity index (χ0) is 10.4. The second kappa shape index (κ2) is 3.17. The fourth-order valence-electron chi connectivity index (χ4n) is 1.70. The van der Waals surface area contributed by atoms with Gasteiger partial charge in [-0.05, 0) is 18.8 Å². The maximum atomic E-state index is 6.07. The molecule has 0 aliphatic heterocycles. The van der Waals surface area contributed by atoms with Gasteiger partial charge in [0.15, 0.2) is 5.65 Å². The average Bonchev–Trinajstić information content (AvgIpc) is 2.92. The Labute approximate surface area is 92.3 Å². The maximum Gasteiger partial charge on any atom is 0.162 e. The number of aromatic nitrogens is 4. The minimum absolute atomic E-state index is 0.517. The number of rotatable bonds is 2. The predicted molar refractivity (Wildman–Crippen MR) is 57.7 cm³/mol. The third-order valence-electron chi connectivity index (χ3n) is 2.76. The van der Waals surface area contributed by atoms with Gasteiger partial charge >= 0.3 is 0 Å². The van der Waals surface area contributed by atoms with E-state index in [0.29, 0.717) is 5.15 Å². The Hall–Kier alpha value is -1.16. The molecule has 3 rings (SSSR count). The summed E-state index contributed by atoms with van der Waals surface area (Å²) in [6.07, 6.45) is 5.24. The van der Waals surface area contributed by atoms with Crippen molar-refractivity contribution >= 4 is 22.6 Å². The molecular weight excluding hydrogens is 212 g/mol. The molecule has 0 N–H and O–H groups in total. The number of hydrogen-bond acceptors (Lipinski definition) is 3. The summed E-state index contributed by atoms with van der Waals surface area (Å²) in [5.41, 5.74) is 0.825. The molecule has 0 atom stereocenters. The molecule has 2 aromatic rings. The van der Waals surface area contributed by atoms with Crippen molar-refractivity contribution in [3.63, 3.8) is 0 Å². The van der Waals surface area contributed by atoms with Crippen molar-refractivity contribution in [2.45, 2.75) is 19.3 Å². The predicted octanol–water partition coefficient (Wildman–Crippen LogP) is 1.97. The number of aryl methyl sites for hydroxylation is 1. The monoisotopic (exact) mass is 222 g/mol. The van der Waals surface area contributed by atoms with E-state index < -0.39 is 0 Å². The van der Waals surface area contributed by atoms with Crippen molar-refractivity contribution in [1.29, 1.82) is 0 Å². The average molecular weight is 223 g/mol. The van der Waals surface area contributed by atoms with E-state index in [0.717, 1.165) is 29.2 Å². The first kappa shape index (κ1) is 9.09. The molecule has 15 heavy (non-hydrogen) atoms. The van der Waals surface area contributed by atoms with Gasteiger partial charge in [0.1, 0.15) is 11.0 Å². The van der Waals surface area contributed by atoms with Crippen LogP contribution in [-0.4, -0.2) is 19.7 Å². The smallest absolute Gasteiger partial charge is 0.162 e. The van der Waals surface area contributed by atoms with Crippen LogP contribution in [0.5, 0.6) is 0 Å². The molecule has 1 aliphatic rings. The van der Waals surface area contributed by atoms with Crippen molar-refractivity contribution < 1.29 is 0 Å². The van der Waals surface area contributed by atoms with Crippen LogP contribution in [-0.2, 0) is 13.5 Å². The van der Waals surface area contributed by atoms with Gasteiger partial charge in [0.2, 0.25) is 0 Å². The lowest BCUT2D eigenvalue weighted by molar-refractivity contribution is 0.752. The Balaban J connectivity index is 2.11. The summed E-state index contributed by atoms with van der Waals surface area (Å²) in [5, 5.41) is 5.47.